The average Bonchev–Trinajstić information content (AvgIpc) is 3.73. The summed E-state index contributed by atoms with van der Waals surface area (Å²) in [7, 11) is -3.01. The van der Waals surface area contributed by atoms with Gasteiger partial charge in [-0.25, -0.2) is 38.3 Å². The number of nitrogens with two attached hydrogens (primary N) is 2. The number of aromatic nitrogens is 7. The lowest BCUT2D eigenvalue weighted by molar-refractivity contribution is -0.0565. The molecule has 2 unspecified atom stereocenters. The van der Waals surface area contributed by atoms with Gasteiger partial charge < -0.3 is 30.0 Å². The number of imidazole rings is 2. The molecule has 7 heterocycles. The van der Waals surface area contributed by atoms with Crippen molar-refractivity contribution in [1.29, 1.82) is 0 Å². The van der Waals surface area contributed by atoms with Crippen LogP contribution in [0.15, 0.2) is 31.2 Å². The van der Waals surface area contributed by atoms with Gasteiger partial charge in [0.2, 0.25) is 0 Å². The molecule has 4 aromatic heterocycles. The molecular weight excluding hydrogens is 649 g/mol. The Morgan fingerprint density at radius 1 is 0.864 bits per heavy atom. The largest absolute Gasteiger partial charge is 0.397 e. The molecule has 3 saturated heterocycles. The van der Waals surface area contributed by atoms with Crippen LogP contribution in [0, 0.1) is 0 Å². The molecule has 234 valence electrons. The molecule has 17 nitrogen and oxygen atoms in total. The highest BCUT2D eigenvalue weighted by atomic mass is 32.7. The van der Waals surface area contributed by atoms with Gasteiger partial charge in [0.1, 0.15) is 41.8 Å². The van der Waals surface area contributed by atoms with Crippen LogP contribution in [0.2, 0.25) is 0 Å². The Labute approximate surface area is 252 Å². The summed E-state index contributed by atoms with van der Waals surface area (Å²) in [6.45, 7) is -5.63. The molecule has 0 aromatic carbocycles. The van der Waals surface area contributed by atoms with Crippen molar-refractivity contribution in [2.24, 2.45) is 0 Å². The van der Waals surface area contributed by atoms with E-state index >= 15 is 8.78 Å². The van der Waals surface area contributed by atoms with E-state index < -0.39 is 76.7 Å². The standard InChI is InChI=1S/C21H24BF2N9O8P2S/c22-42(34)36-3-9-11(23)16(21(38-9)33-6-30-13-8(25)1-2-27-18(13)33)41-43(35,44)37-4-10-15(40-42)12(24)20(39-10)32-7-31-14-17(26)28-5-29-19(14)32/h1-2,5-7,9-12,15-16,20-21H,3-4,22H2,(H2,25,27)(H,35,44)(H2,26,28,29)/t9-,10-,11-,12-,15-,16-,20-,21-,42?,43?/m1/s1. The van der Waals surface area contributed by atoms with Crippen molar-refractivity contribution in [3.63, 3.8) is 0 Å². The molecule has 0 spiro atoms. The van der Waals surface area contributed by atoms with Crippen molar-refractivity contribution in [3.8, 4) is 0 Å². The van der Waals surface area contributed by atoms with Crippen LogP contribution in [-0.4, -0.2) is 91.6 Å². The number of alkyl halides is 2. The van der Waals surface area contributed by atoms with Gasteiger partial charge in [0.05, 0.1) is 31.6 Å². The predicted molar refractivity (Wildman–Crippen MR) is 154 cm³/mol. The van der Waals surface area contributed by atoms with Crippen molar-refractivity contribution >= 4 is 67.9 Å². The number of thiol groups is 1. The van der Waals surface area contributed by atoms with Crippen molar-refractivity contribution in [1.82, 2.24) is 34.1 Å². The lowest BCUT2D eigenvalue weighted by Gasteiger charge is -2.26. The van der Waals surface area contributed by atoms with Crippen LogP contribution in [0.5, 0.6) is 0 Å². The first-order valence-electron chi connectivity index (χ1n) is 13.1. The molecule has 0 aliphatic carbocycles. The quantitative estimate of drug-likeness (QED) is 0.156. The fourth-order valence-electron chi connectivity index (χ4n) is 5.35. The second-order valence-electron chi connectivity index (χ2n) is 10.3. The predicted octanol–water partition coefficient (Wildman–Crippen LogP) is 1.50. The summed E-state index contributed by atoms with van der Waals surface area (Å²) in [6.07, 6.45) is -7.39. The number of hydrogen-bond donors (Lipinski definition) is 3. The molecule has 4 aromatic rings. The number of nitrogen functional groups attached to an aromatic ring is 2. The first kappa shape index (κ1) is 29.9. The number of fused-ring (bicyclic) bond motifs is 5. The van der Waals surface area contributed by atoms with E-state index in [-0.39, 0.29) is 22.6 Å². The van der Waals surface area contributed by atoms with E-state index in [0.29, 0.717) is 11.2 Å². The topological polar surface area (TPSA) is 216 Å². The number of hydrogen-bond acceptors (Lipinski definition) is 15. The average molecular weight is 673 g/mol. The minimum atomic E-state index is -4.40. The molecule has 10 atom stereocenters. The Morgan fingerprint density at radius 3 is 2.34 bits per heavy atom. The zero-order valence-electron chi connectivity index (χ0n) is 22.6. The van der Waals surface area contributed by atoms with E-state index in [0.717, 1.165) is 7.57 Å². The first-order valence-corrected chi connectivity index (χ1v) is 17.8. The summed E-state index contributed by atoms with van der Waals surface area (Å²) in [5, 5.41) is 0. The number of rotatable bonds is 2. The molecular formula is C21H24BF2N9O8P2S. The second-order valence-corrected chi connectivity index (χ2v) is 15.2. The molecule has 3 fully saturated rings. The maximum absolute atomic E-state index is 16.0. The van der Waals surface area contributed by atoms with Crippen LogP contribution in [0.4, 0.5) is 20.3 Å². The number of anilines is 2. The Balaban J connectivity index is 1.20. The molecule has 2 bridgehead atoms. The number of halogens is 2. The zero-order chi connectivity index (χ0) is 31.0. The highest BCUT2D eigenvalue weighted by Crippen LogP contribution is 2.58. The van der Waals surface area contributed by atoms with E-state index in [1.165, 1.54) is 40.4 Å². The summed E-state index contributed by atoms with van der Waals surface area (Å²) in [4.78, 5) is 20.5. The Morgan fingerprint density at radius 2 is 1.55 bits per heavy atom. The molecule has 3 aliphatic rings. The lowest BCUT2D eigenvalue weighted by atomic mass is 10.1. The summed E-state index contributed by atoms with van der Waals surface area (Å²) >= 11 is 4.04. The Bertz CT molecular complexity index is 1840. The van der Waals surface area contributed by atoms with Crippen molar-refractivity contribution in [2.75, 3.05) is 24.7 Å². The number of nitrogens with zero attached hydrogens (tertiary/aromatic N) is 7. The van der Waals surface area contributed by atoms with E-state index in [1.807, 2.05) is 0 Å². The summed E-state index contributed by atoms with van der Waals surface area (Å²) in [6, 6.07) is 1.54. The maximum atomic E-state index is 16.0. The van der Waals surface area contributed by atoms with Crippen molar-refractivity contribution in [2.45, 2.75) is 49.2 Å². The van der Waals surface area contributed by atoms with Crippen LogP contribution >= 0.6 is 26.5 Å². The first-order chi connectivity index (χ1) is 20.9. The van der Waals surface area contributed by atoms with Gasteiger partial charge in [-0.2, -0.15) is 0 Å². The Hall–Kier alpha value is -2.74. The molecule has 23 heteroatoms. The maximum Gasteiger partial charge on any atom is 0.386 e. The SMILES string of the molecule is BP1(=O)OC[C@H]2O[C@@H](n3cnc4c(N)ccnc43)[C@H](OP(=O)(S)OC[C@H]3O[C@@H](n4cnc5c(N)ncnc54)[C@H](F)[C@@H]3O1)[C@@H]2F. The zero-order valence-corrected chi connectivity index (χ0v) is 25.3. The van der Waals surface area contributed by atoms with E-state index in [9.17, 15) is 9.13 Å². The third kappa shape index (κ3) is 5.19. The fraction of sp³-hybridized carbons (Fsp3) is 0.476. The summed E-state index contributed by atoms with van der Waals surface area (Å²) in [5.41, 5.74) is 13.1. The molecule has 4 N–H and O–H groups in total. The lowest BCUT2D eigenvalue weighted by Crippen LogP contribution is -2.34. The molecule has 44 heavy (non-hydrogen) atoms. The normalized spacial score (nSPS) is 38.2. The van der Waals surface area contributed by atoms with Gasteiger partial charge in [0, 0.05) is 6.20 Å². The summed E-state index contributed by atoms with van der Waals surface area (Å²) in [5.74, 6) is 0.0631. The van der Waals surface area contributed by atoms with Crippen LogP contribution in [0.3, 0.4) is 0 Å². The van der Waals surface area contributed by atoms with Crippen LogP contribution < -0.4 is 11.5 Å². The minimum absolute atomic E-state index is 0.0631. The second kappa shape index (κ2) is 11.0. The third-order valence-electron chi connectivity index (χ3n) is 7.40. The molecule has 0 radical (unpaired) electrons. The monoisotopic (exact) mass is 673 g/mol. The molecule has 7 rings (SSSR count). The van der Waals surface area contributed by atoms with Gasteiger partial charge in [-0.15, -0.1) is 0 Å². The van der Waals surface area contributed by atoms with Crippen molar-refractivity contribution in [3.05, 3.63) is 31.2 Å². The number of ether oxygens (including phenoxy) is 2. The third-order valence-corrected chi connectivity index (χ3v) is 10.3. The van der Waals surface area contributed by atoms with Gasteiger partial charge >= 0.3 is 6.80 Å². The van der Waals surface area contributed by atoms with Gasteiger partial charge in [0.25, 0.3) is 15.0 Å². The molecule has 0 amide bonds. The van der Waals surface area contributed by atoms with Crippen LogP contribution in [-0.2, 0) is 36.7 Å². The van der Waals surface area contributed by atoms with E-state index in [1.54, 1.807) is 0 Å². The van der Waals surface area contributed by atoms with Gasteiger partial charge in [0.15, 0.2) is 41.9 Å². The molecule has 0 saturated carbocycles. The highest BCUT2D eigenvalue weighted by molar-refractivity contribution is 8.44. The highest BCUT2D eigenvalue weighted by Gasteiger charge is 2.54. The summed E-state index contributed by atoms with van der Waals surface area (Å²) < 4.78 is 95.3. The van der Waals surface area contributed by atoms with E-state index in [2.05, 4.69) is 37.2 Å². The fourth-order valence-corrected chi connectivity index (χ4v) is 7.98. The minimum Gasteiger partial charge on any atom is -0.397 e. The van der Waals surface area contributed by atoms with Crippen molar-refractivity contribution < 1.29 is 45.5 Å². The van der Waals surface area contributed by atoms with Gasteiger partial charge in [-0.3, -0.25) is 22.7 Å². The van der Waals surface area contributed by atoms with Gasteiger partial charge in [-0.05, 0) is 6.07 Å². The Kier molecular flexibility index (Phi) is 7.46. The van der Waals surface area contributed by atoms with Crippen LogP contribution in [0.25, 0.3) is 22.3 Å². The van der Waals surface area contributed by atoms with E-state index in [4.69, 9.17) is 39.0 Å². The van der Waals surface area contributed by atoms with Crippen LogP contribution in [0.1, 0.15) is 12.5 Å². The smallest absolute Gasteiger partial charge is 0.386 e. The van der Waals surface area contributed by atoms with Gasteiger partial charge in [-0.1, -0.05) is 12.2 Å². The molecule has 3 aliphatic heterocycles. The number of pyridine rings is 1.